The molecule has 0 atom stereocenters. The second kappa shape index (κ2) is 5.94. The molecule has 0 spiro atoms. The van der Waals surface area contributed by atoms with Crippen molar-refractivity contribution in [1.82, 2.24) is 15.0 Å². The molecule has 0 saturated carbocycles. The zero-order valence-electron chi connectivity index (χ0n) is 10.6. The first-order valence-electron chi connectivity index (χ1n) is 5.95. The summed E-state index contributed by atoms with van der Waals surface area (Å²) in [4.78, 5) is 25.0. The molecule has 3 rings (SSSR count). The van der Waals surface area contributed by atoms with Crippen LogP contribution in [0.25, 0.3) is 22.0 Å². The fourth-order valence-corrected chi connectivity index (χ4v) is 3.25. The first kappa shape index (κ1) is 13.6. The summed E-state index contributed by atoms with van der Waals surface area (Å²) in [6, 6.07) is 5.45. The molecule has 0 unspecified atom stereocenters. The first-order valence-corrected chi connectivity index (χ1v) is 7.65. The van der Waals surface area contributed by atoms with Gasteiger partial charge in [0, 0.05) is 11.1 Å². The molecule has 0 saturated heterocycles. The lowest BCUT2D eigenvalue weighted by atomic mass is 10.3. The Labute approximate surface area is 128 Å². The number of rotatable bonds is 4. The van der Waals surface area contributed by atoms with Gasteiger partial charge in [-0.15, -0.1) is 22.7 Å². The standard InChI is InChI=1S/C14H9N3O2S2/c18-14(19)11-6-9(16-8-17-11)3-4-10-7-15-13(21-10)12-2-1-5-20-12/h1-8H,(H,18,19). The minimum Gasteiger partial charge on any atom is -0.477 e. The zero-order chi connectivity index (χ0) is 14.7. The minimum absolute atomic E-state index is 0.0202. The number of thiazole rings is 1. The van der Waals surface area contributed by atoms with Gasteiger partial charge in [0.15, 0.2) is 5.69 Å². The largest absolute Gasteiger partial charge is 0.477 e. The molecule has 3 aromatic heterocycles. The Hall–Kier alpha value is -2.38. The maximum absolute atomic E-state index is 10.8. The van der Waals surface area contributed by atoms with Crippen LogP contribution in [0.4, 0.5) is 0 Å². The second-order valence-corrected chi connectivity index (χ2v) is 6.02. The number of hydrogen-bond donors (Lipinski definition) is 1. The van der Waals surface area contributed by atoms with Gasteiger partial charge in [-0.25, -0.2) is 19.7 Å². The zero-order valence-corrected chi connectivity index (χ0v) is 12.3. The number of thiophene rings is 1. The molecule has 1 N–H and O–H groups in total. The maximum Gasteiger partial charge on any atom is 0.354 e. The van der Waals surface area contributed by atoms with E-state index in [0.29, 0.717) is 5.69 Å². The maximum atomic E-state index is 10.8. The minimum atomic E-state index is -1.06. The van der Waals surface area contributed by atoms with Crippen LogP contribution in [-0.4, -0.2) is 26.0 Å². The van der Waals surface area contributed by atoms with Crippen molar-refractivity contribution < 1.29 is 9.90 Å². The highest BCUT2D eigenvalue weighted by molar-refractivity contribution is 7.21. The van der Waals surface area contributed by atoms with E-state index in [1.165, 1.54) is 12.4 Å². The smallest absolute Gasteiger partial charge is 0.354 e. The number of aromatic carboxylic acids is 1. The molecule has 21 heavy (non-hydrogen) atoms. The van der Waals surface area contributed by atoms with Gasteiger partial charge in [-0.1, -0.05) is 6.07 Å². The van der Waals surface area contributed by atoms with Gasteiger partial charge in [0.05, 0.1) is 10.6 Å². The molecule has 3 aromatic rings. The molecule has 5 nitrogen and oxygen atoms in total. The summed E-state index contributed by atoms with van der Waals surface area (Å²) in [6.07, 6.45) is 6.64. The third-order valence-electron chi connectivity index (χ3n) is 2.58. The lowest BCUT2D eigenvalue weighted by Gasteiger charge is -1.94. The van der Waals surface area contributed by atoms with Crippen LogP contribution < -0.4 is 0 Å². The van der Waals surface area contributed by atoms with Crippen LogP contribution in [-0.2, 0) is 0 Å². The van der Waals surface area contributed by atoms with Crippen LogP contribution in [0.2, 0.25) is 0 Å². The highest BCUT2D eigenvalue weighted by atomic mass is 32.1. The van der Waals surface area contributed by atoms with E-state index >= 15 is 0 Å². The monoisotopic (exact) mass is 315 g/mol. The Bertz CT molecular complexity index is 794. The molecule has 104 valence electrons. The molecule has 0 aromatic carbocycles. The van der Waals surface area contributed by atoms with E-state index in [0.717, 1.165) is 14.8 Å². The van der Waals surface area contributed by atoms with Crippen molar-refractivity contribution in [1.29, 1.82) is 0 Å². The quantitative estimate of drug-likeness (QED) is 0.797. The highest BCUT2D eigenvalue weighted by Crippen LogP contribution is 2.29. The van der Waals surface area contributed by atoms with Crippen LogP contribution in [0.5, 0.6) is 0 Å². The summed E-state index contributed by atoms with van der Waals surface area (Å²) in [6.45, 7) is 0. The fourth-order valence-electron chi connectivity index (χ4n) is 1.63. The number of aromatic nitrogens is 3. The summed E-state index contributed by atoms with van der Waals surface area (Å²) in [7, 11) is 0. The van der Waals surface area contributed by atoms with E-state index < -0.39 is 5.97 Å². The summed E-state index contributed by atoms with van der Waals surface area (Å²) in [5, 5.41) is 11.9. The molecule has 0 radical (unpaired) electrons. The molecular formula is C14H9N3O2S2. The predicted molar refractivity (Wildman–Crippen MR) is 83.3 cm³/mol. The van der Waals surface area contributed by atoms with E-state index in [-0.39, 0.29) is 5.69 Å². The van der Waals surface area contributed by atoms with E-state index in [2.05, 4.69) is 15.0 Å². The molecule has 7 heteroatoms. The normalized spacial score (nSPS) is 11.0. The molecule has 3 heterocycles. The third-order valence-corrected chi connectivity index (χ3v) is 4.58. The van der Waals surface area contributed by atoms with Crippen molar-refractivity contribution in [3.05, 3.63) is 52.4 Å². The van der Waals surface area contributed by atoms with E-state index in [4.69, 9.17) is 5.11 Å². The molecule has 0 fully saturated rings. The average Bonchev–Trinajstić information content (AvgIpc) is 3.16. The summed E-state index contributed by atoms with van der Waals surface area (Å²) >= 11 is 3.22. The Morgan fingerprint density at radius 3 is 2.90 bits per heavy atom. The number of carboxylic acid groups (broad SMARTS) is 1. The fraction of sp³-hybridized carbons (Fsp3) is 0. The van der Waals surface area contributed by atoms with Crippen molar-refractivity contribution in [2.24, 2.45) is 0 Å². The first-order chi connectivity index (χ1) is 10.2. The number of carboxylic acids is 1. The van der Waals surface area contributed by atoms with Crippen molar-refractivity contribution in [3.63, 3.8) is 0 Å². The Morgan fingerprint density at radius 2 is 2.14 bits per heavy atom. The van der Waals surface area contributed by atoms with Gasteiger partial charge in [-0.3, -0.25) is 0 Å². The van der Waals surface area contributed by atoms with Crippen LogP contribution in [0.15, 0.2) is 36.1 Å². The summed E-state index contributed by atoms with van der Waals surface area (Å²) in [5.74, 6) is -1.06. The number of hydrogen-bond acceptors (Lipinski definition) is 6. The van der Waals surface area contributed by atoms with E-state index in [1.54, 1.807) is 34.9 Å². The Morgan fingerprint density at radius 1 is 1.24 bits per heavy atom. The Kier molecular flexibility index (Phi) is 3.85. The molecular weight excluding hydrogens is 306 g/mol. The number of carbonyl (C=O) groups is 1. The highest BCUT2D eigenvalue weighted by Gasteiger charge is 2.05. The van der Waals surface area contributed by atoms with Gasteiger partial charge in [-0.2, -0.15) is 0 Å². The van der Waals surface area contributed by atoms with E-state index in [1.807, 2.05) is 23.6 Å². The lowest BCUT2D eigenvalue weighted by molar-refractivity contribution is 0.0690. The van der Waals surface area contributed by atoms with Gasteiger partial charge in [0.1, 0.15) is 11.3 Å². The molecule has 0 aliphatic heterocycles. The topological polar surface area (TPSA) is 76.0 Å². The summed E-state index contributed by atoms with van der Waals surface area (Å²) < 4.78 is 0. The van der Waals surface area contributed by atoms with Crippen LogP contribution >= 0.6 is 22.7 Å². The van der Waals surface area contributed by atoms with Crippen LogP contribution in [0, 0.1) is 0 Å². The van der Waals surface area contributed by atoms with Gasteiger partial charge in [-0.05, 0) is 29.7 Å². The van der Waals surface area contributed by atoms with Crippen molar-refractivity contribution in [2.45, 2.75) is 0 Å². The van der Waals surface area contributed by atoms with Gasteiger partial charge < -0.3 is 5.11 Å². The van der Waals surface area contributed by atoms with Crippen molar-refractivity contribution >= 4 is 40.8 Å². The summed E-state index contributed by atoms with van der Waals surface area (Å²) in [5.41, 5.74) is 0.529. The molecule has 0 aliphatic carbocycles. The second-order valence-electron chi connectivity index (χ2n) is 4.01. The number of nitrogens with zero attached hydrogens (tertiary/aromatic N) is 3. The van der Waals surface area contributed by atoms with Crippen LogP contribution in [0.3, 0.4) is 0 Å². The molecule has 0 amide bonds. The van der Waals surface area contributed by atoms with Crippen LogP contribution in [0.1, 0.15) is 21.1 Å². The average molecular weight is 315 g/mol. The van der Waals surface area contributed by atoms with Gasteiger partial charge in [0.2, 0.25) is 0 Å². The van der Waals surface area contributed by atoms with E-state index in [9.17, 15) is 4.79 Å². The molecule has 0 bridgehead atoms. The Balaban J connectivity index is 1.80. The van der Waals surface area contributed by atoms with Crippen molar-refractivity contribution in [2.75, 3.05) is 0 Å². The SMILES string of the molecule is O=C(O)c1cc(C=Cc2cnc(-c3cccs3)s2)ncn1. The van der Waals surface area contributed by atoms with Gasteiger partial charge >= 0.3 is 5.97 Å². The third kappa shape index (κ3) is 3.21. The van der Waals surface area contributed by atoms with Gasteiger partial charge in [0.25, 0.3) is 0 Å². The predicted octanol–water partition coefficient (Wildman–Crippen LogP) is 3.53. The van der Waals surface area contributed by atoms with Crippen molar-refractivity contribution in [3.8, 4) is 9.88 Å². The molecule has 0 aliphatic rings. The lowest BCUT2D eigenvalue weighted by Crippen LogP contribution is -2.00.